The van der Waals surface area contributed by atoms with E-state index in [1.165, 1.54) is 22.4 Å². The molecule has 2 heterocycles. The summed E-state index contributed by atoms with van der Waals surface area (Å²) in [6, 6.07) is 27.3. The monoisotopic (exact) mass is 441 g/mol. The number of halogens is 1. The van der Waals surface area contributed by atoms with Crippen molar-refractivity contribution in [2.24, 2.45) is 11.0 Å². The van der Waals surface area contributed by atoms with Gasteiger partial charge < -0.3 is 0 Å². The minimum atomic E-state index is 0.121. The fourth-order valence-corrected chi connectivity index (χ4v) is 5.67. The van der Waals surface area contributed by atoms with Gasteiger partial charge in [-0.25, -0.2) is 9.99 Å². The van der Waals surface area contributed by atoms with E-state index in [0.717, 1.165) is 34.3 Å². The molecule has 0 spiro atoms. The fourth-order valence-electron chi connectivity index (χ4n) is 4.73. The second-order valence-electron chi connectivity index (χ2n) is 8.01. The Hall–Kier alpha value is -2.95. The van der Waals surface area contributed by atoms with Crippen LogP contribution in [0.3, 0.4) is 0 Å². The summed E-state index contributed by atoms with van der Waals surface area (Å²) in [6.45, 7) is 0. The number of fused-ring (bicyclic) bond motifs is 3. The van der Waals surface area contributed by atoms with Crippen LogP contribution in [-0.2, 0) is 6.42 Å². The predicted octanol–water partition coefficient (Wildman–Crippen LogP) is 6.99. The van der Waals surface area contributed by atoms with Gasteiger partial charge in [-0.15, -0.1) is 11.3 Å². The SMILES string of the molecule is Clc1ccc([C@H]2[C@@H]3CCc4ccccc4C3=NN2c2nc(-c3ccccc3)cs2)cc1. The highest BCUT2D eigenvalue weighted by atomic mass is 35.5. The number of rotatable bonds is 3. The van der Waals surface area contributed by atoms with E-state index in [2.05, 4.69) is 58.9 Å². The number of anilines is 1. The molecule has 2 atom stereocenters. The number of hydrazone groups is 1. The van der Waals surface area contributed by atoms with Gasteiger partial charge in [-0.2, -0.15) is 5.10 Å². The van der Waals surface area contributed by atoms with Gasteiger partial charge in [0, 0.05) is 27.4 Å². The number of hydrogen-bond acceptors (Lipinski definition) is 4. The molecular weight excluding hydrogens is 422 g/mol. The Kier molecular flexibility index (Phi) is 4.62. The molecule has 4 aromatic rings. The number of aryl methyl sites for hydroxylation is 1. The number of nitrogens with zero attached hydrogens (tertiary/aromatic N) is 3. The predicted molar refractivity (Wildman–Crippen MR) is 129 cm³/mol. The van der Waals surface area contributed by atoms with Crippen molar-refractivity contribution in [2.75, 3.05) is 5.01 Å². The molecule has 0 N–H and O–H groups in total. The van der Waals surface area contributed by atoms with E-state index in [9.17, 15) is 0 Å². The summed E-state index contributed by atoms with van der Waals surface area (Å²) in [6.07, 6.45) is 2.15. The van der Waals surface area contributed by atoms with E-state index in [-0.39, 0.29) is 6.04 Å². The lowest BCUT2D eigenvalue weighted by Gasteiger charge is -2.29. The first-order valence-electron chi connectivity index (χ1n) is 10.5. The maximum atomic E-state index is 6.19. The van der Waals surface area contributed by atoms with E-state index in [4.69, 9.17) is 21.7 Å². The Morgan fingerprint density at radius 1 is 0.903 bits per heavy atom. The van der Waals surface area contributed by atoms with E-state index in [1.807, 2.05) is 30.3 Å². The van der Waals surface area contributed by atoms with Crippen molar-refractivity contribution in [3.05, 3.63) is 106 Å². The smallest absolute Gasteiger partial charge is 0.207 e. The molecule has 0 radical (unpaired) electrons. The Morgan fingerprint density at radius 3 is 2.52 bits per heavy atom. The summed E-state index contributed by atoms with van der Waals surface area (Å²) in [5, 5.41) is 11.1. The van der Waals surface area contributed by atoms with Crippen molar-refractivity contribution in [3.8, 4) is 11.3 Å². The van der Waals surface area contributed by atoms with Gasteiger partial charge in [0.1, 0.15) is 0 Å². The maximum absolute atomic E-state index is 6.19. The molecular formula is C26H20ClN3S. The lowest BCUT2D eigenvalue weighted by atomic mass is 9.77. The Labute approximate surface area is 190 Å². The molecule has 0 saturated heterocycles. The second-order valence-corrected chi connectivity index (χ2v) is 9.28. The molecule has 0 amide bonds. The van der Waals surface area contributed by atoms with Crippen LogP contribution < -0.4 is 5.01 Å². The molecule has 0 fully saturated rings. The van der Waals surface area contributed by atoms with Gasteiger partial charge in [0.05, 0.1) is 17.4 Å². The van der Waals surface area contributed by atoms with Gasteiger partial charge in [-0.05, 0) is 36.1 Å². The Morgan fingerprint density at radius 2 is 1.68 bits per heavy atom. The molecule has 1 aromatic heterocycles. The molecule has 0 saturated carbocycles. The second kappa shape index (κ2) is 7.63. The molecule has 152 valence electrons. The van der Waals surface area contributed by atoms with E-state index in [1.54, 1.807) is 11.3 Å². The van der Waals surface area contributed by atoms with Gasteiger partial charge in [-0.3, -0.25) is 0 Å². The van der Waals surface area contributed by atoms with Crippen molar-refractivity contribution in [2.45, 2.75) is 18.9 Å². The van der Waals surface area contributed by atoms with Gasteiger partial charge in [0.15, 0.2) is 0 Å². The highest BCUT2D eigenvalue weighted by Crippen LogP contribution is 2.46. The fraction of sp³-hybridized carbons (Fsp3) is 0.154. The van der Waals surface area contributed by atoms with Crippen LogP contribution in [0, 0.1) is 5.92 Å². The summed E-state index contributed by atoms with van der Waals surface area (Å²) < 4.78 is 0. The standard InChI is InChI=1S/C26H20ClN3S/c27-20-13-10-19(11-14-20)25-22-15-12-17-6-4-5-9-21(17)24(22)29-30(25)26-28-23(16-31-26)18-7-2-1-3-8-18/h1-11,13-14,16,22,25H,12,15H2/t22-,25+/m1/s1. The van der Waals surface area contributed by atoms with Crippen LogP contribution in [0.2, 0.25) is 5.02 Å². The molecule has 6 rings (SSSR count). The molecule has 0 unspecified atom stereocenters. The quantitative estimate of drug-likeness (QED) is 0.342. The van der Waals surface area contributed by atoms with Crippen LogP contribution >= 0.6 is 22.9 Å². The van der Waals surface area contributed by atoms with Crippen molar-refractivity contribution in [1.29, 1.82) is 0 Å². The maximum Gasteiger partial charge on any atom is 0.207 e. The molecule has 2 aliphatic rings. The molecule has 5 heteroatoms. The number of thiazole rings is 1. The van der Waals surface area contributed by atoms with Gasteiger partial charge in [0.2, 0.25) is 5.13 Å². The van der Waals surface area contributed by atoms with Gasteiger partial charge in [0.25, 0.3) is 0 Å². The molecule has 3 nitrogen and oxygen atoms in total. The van der Waals surface area contributed by atoms with Crippen LogP contribution in [0.5, 0.6) is 0 Å². The van der Waals surface area contributed by atoms with Crippen molar-refractivity contribution in [3.63, 3.8) is 0 Å². The average Bonchev–Trinajstić information content (AvgIpc) is 3.45. The van der Waals surface area contributed by atoms with E-state index in [0.29, 0.717) is 5.92 Å². The van der Waals surface area contributed by atoms with Crippen molar-refractivity contribution >= 4 is 33.8 Å². The highest BCUT2D eigenvalue weighted by molar-refractivity contribution is 7.14. The van der Waals surface area contributed by atoms with E-state index < -0.39 is 0 Å². The third-order valence-corrected chi connectivity index (χ3v) is 7.28. The Bertz CT molecular complexity index is 1260. The normalized spacial score (nSPS) is 19.6. The number of aromatic nitrogens is 1. The van der Waals surface area contributed by atoms with Crippen molar-refractivity contribution < 1.29 is 0 Å². The zero-order valence-electron chi connectivity index (χ0n) is 16.8. The number of hydrogen-bond donors (Lipinski definition) is 0. The summed E-state index contributed by atoms with van der Waals surface area (Å²) in [5.41, 5.74) is 7.19. The van der Waals surface area contributed by atoms with Gasteiger partial charge >= 0.3 is 0 Å². The van der Waals surface area contributed by atoms with Crippen LogP contribution in [0.1, 0.15) is 29.2 Å². The lowest BCUT2D eigenvalue weighted by Crippen LogP contribution is -2.28. The summed E-state index contributed by atoms with van der Waals surface area (Å²) in [5.74, 6) is 0.333. The van der Waals surface area contributed by atoms with Crippen LogP contribution in [-0.4, -0.2) is 10.7 Å². The third kappa shape index (κ3) is 3.27. The molecule has 31 heavy (non-hydrogen) atoms. The minimum absolute atomic E-state index is 0.121. The highest BCUT2D eigenvalue weighted by Gasteiger charge is 2.42. The largest absolute Gasteiger partial charge is 0.231 e. The Balaban J connectivity index is 1.46. The molecule has 3 aromatic carbocycles. The van der Waals surface area contributed by atoms with Crippen LogP contribution in [0.25, 0.3) is 11.3 Å². The first-order valence-corrected chi connectivity index (χ1v) is 11.8. The summed E-state index contributed by atoms with van der Waals surface area (Å²) in [7, 11) is 0. The number of benzene rings is 3. The topological polar surface area (TPSA) is 28.5 Å². The third-order valence-electron chi connectivity index (χ3n) is 6.20. The first kappa shape index (κ1) is 18.8. The van der Waals surface area contributed by atoms with Gasteiger partial charge in [-0.1, -0.05) is 78.3 Å². The minimum Gasteiger partial charge on any atom is -0.231 e. The zero-order chi connectivity index (χ0) is 20.8. The van der Waals surface area contributed by atoms with Crippen molar-refractivity contribution in [1.82, 2.24) is 4.98 Å². The van der Waals surface area contributed by atoms with Crippen LogP contribution in [0.4, 0.5) is 5.13 Å². The lowest BCUT2D eigenvalue weighted by molar-refractivity contribution is 0.509. The average molecular weight is 442 g/mol. The summed E-state index contributed by atoms with van der Waals surface area (Å²) in [4.78, 5) is 4.98. The summed E-state index contributed by atoms with van der Waals surface area (Å²) >= 11 is 7.85. The molecule has 0 bridgehead atoms. The molecule has 1 aliphatic heterocycles. The van der Waals surface area contributed by atoms with Crippen LogP contribution in [0.15, 0.2) is 89.3 Å². The zero-order valence-corrected chi connectivity index (χ0v) is 18.4. The first-order chi connectivity index (χ1) is 15.3. The molecule has 1 aliphatic carbocycles. The van der Waals surface area contributed by atoms with E-state index >= 15 is 0 Å².